The van der Waals surface area contributed by atoms with Crippen molar-refractivity contribution in [1.82, 2.24) is 24.3 Å². The fraction of sp³-hybridized carbons (Fsp3) is 0.379. The molecule has 14 heteroatoms. The van der Waals surface area contributed by atoms with Gasteiger partial charge in [0.25, 0.3) is 0 Å². The van der Waals surface area contributed by atoms with Crippen LogP contribution in [0.1, 0.15) is 31.7 Å². The Kier molecular flexibility index (Phi) is 6.97. The molecule has 7 rings (SSSR count). The number of benzene rings is 2. The second-order valence-electron chi connectivity index (χ2n) is 11.6. The Labute approximate surface area is 249 Å². The number of hydrogen-bond donors (Lipinski definition) is 3. The number of halogens is 1. The van der Waals surface area contributed by atoms with Crippen molar-refractivity contribution in [2.75, 3.05) is 49.5 Å². The van der Waals surface area contributed by atoms with Crippen molar-refractivity contribution in [3.63, 3.8) is 0 Å². The lowest BCUT2D eigenvalue weighted by atomic mass is 9.89. The van der Waals surface area contributed by atoms with Crippen LogP contribution in [0.5, 0.6) is 0 Å². The number of rotatable bonds is 5. The molecule has 1 saturated carbocycles. The van der Waals surface area contributed by atoms with E-state index >= 15 is 4.39 Å². The first-order valence-electron chi connectivity index (χ1n) is 14.4. The minimum Gasteiger partial charge on any atom is -0.383 e. The third kappa shape index (κ3) is 4.98. The van der Waals surface area contributed by atoms with Gasteiger partial charge in [-0.05, 0) is 62.6 Å². The lowest BCUT2D eigenvalue weighted by molar-refractivity contribution is 0.0828. The van der Waals surface area contributed by atoms with Gasteiger partial charge >= 0.3 is 0 Å². The number of para-hydroxylation sites is 1. The lowest BCUT2D eigenvalue weighted by Crippen LogP contribution is -2.49. The number of likely N-dealkylation sites (N-methyl/N-ethyl adjacent to an activating group) is 1. The van der Waals surface area contributed by atoms with Gasteiger partial charge in [-0.3, -0.25) is 4.90 Å². The van der Waals surface area contributed by atoms with E-state index in [9.17, 15) is 8.42 Å². The van der Waals surface area contributed by atoms with Gasteiger partial charge in [0, 0.05) is 50.0 Å². The summed E-state index contributed by atoms with van der Waals surface area (Å²) in [6.07, 6.45) is 7.78. The minimum atomic E-state index is -4.02. The normalized spacial score (nSPS) is 21.7. The van der Waals surface area contributed by atoms with Crippen LogP contribution in [0.15, 0.2) is 53.8 Å². The lowest BCUT2D eigenvalue weighted by Gasteiger charge is -2.41. The molecule has 1 aliphatic carbocycles. The maximum Gasteiger partial charge on any atom is 0.240 e. The van der Waals surface area contributed by atoms with Gasteiger partial charge in [-0.15, -0.1) is 0 Å². The van der Waals surface area contributed by atoms with Gasteiger partial charge in [0.2, 0.25) is 10.0 Å². The average molecular weight is 608 g/mol. The molecule has 0 spiro atoms. The molecule has 4 heterocycles. The van der Waals surface area contributed by atoms with Crippen LogP contribution in [0, 0.1) is 5.82 Å². The Morgan fingerprint density at radius 3 is 2.47 bits per heavy atom. The van der Waals surface area contributed by atoms with Gasteiger partial charge in [0.05, 0.1) is 11.1 Å². The number of nitrogens with zero attached hydrogens (tertiary/aromatic N) is 6. The van der Waals surface area contributed by atoms with E-state index in [0.717, 1.165) is 63.1 Å². The molecule has 226 valence electrons. The summed E-state index contributed by atoms with van der Waals surface area (Å²) in [7, 11) is -1.84. The molecule has 3 aliphatic rings. The Bertz CT molecular complexity index is 1800. The number of nitrogen functional groups attached to an aromatic ring is 1. The Morgan fingerprint density at radius 2 is 1.74 bits per heavy atom. The highest BCUT2D eigenvalue weighted by molar-refractivity contribution is 7.89. The van der Waals surface area contributed by atoms with Gasteiger partial charge in [-0.2, -0.15) is 10.0 Å². The molecule has 43 heavy (non-hydrogen) atoms. The average Bonchev–Trinajstić information content (AvgIpc) is 3.60. The number of aromatic nitrogens is 3. The Balaban J connectivity index is 1.18. The summed E-state index contributed by atoms with van der Waals surface area (Å²) in [5.74, 6) is -0.233. The van der Waals surface area contributed by atoms with Crippen molar-refractivity contribution in [2.45, 2.75) is 42.7 Å². The van der Waals surface area contributed by atoms with E-state index in [4.69, 9.17) is 15.8 Å². The van der Waals surface area contributed by atoms with Crippen LogP contribution in [0.25, 0.3) is 22.2 Å². The van der Waals surface area contributed by atoms with Gasteiger partial charge < -0.3 is 15.2 Å². The van der Waals surface area contributed by atoms with Crippen LogP contribution in [-0.4, -0.2) is 72.0 Å². The summed E-state index contributed by atoms with van der Waals surface area (Å²) in [5, 5.41) is 7.23. The number of nitrogens with one attached hydrogen (secondary N) is 1. The Morgan fingerprint density at radius 1 is 1.00 bits per heavy atom. The molecular weight excluding hydrogens is 573 g/mol. The van der Waals surface area contributed by atoms with Crippen molar-refractivity contribution < 1.29 is 17.7 Å². The minimum absolute atomic E-state index is 0.0942. The molecule has 4 aromatic rings. The summed E-state index contributed by atoms with van der Waals surface area (Å²) in [4.78, 5) is 19.2. The maximum atomic E-state index is 15.8. The molecule has 2 aromatic heterocycles. The number of hydrogen-bond acceptors (Lipinski definition) is 10. The molecule has 0 unspecified atom stereocenters. The first-order valence-corrected chi connectivity index (χ1v) is 16.0. The predicted octanol–water partition coefficient (Wildman–Crippen LogP) is 3.61. The van der Waals surface area contributed by atoms with Crippen molar-refractivity contribution in [2.24, 2.45) is 5.14 Å². The van der Waals surface area contributed by atoms with Crippen molar-refractivity contribution >= 4 is 43.9 Å². The van der Waals surface area contributed by atoms with E-state index in [1.54, 1.807) is 18.2 Å². The van der Waals surface area contributed by atoms with Crippen LogP contribution in [0.3, 0.4) is 0 Å². The first kappa shape index (κ1) is 28.0. The van der Waals surface area contributed by atoms with Crippen LogP contribution >= 0.6 is 0 Å². The number of primary sulfonamides is 1. The second-order valence-corrected chi connectivity index (χ2v) is 13.1. The summed E-state index contributed by atoms with van der Waals surface area (Å²) in [6.45, 7) is 4.46. The topological polar surface area (TPSA) is 148 Å². The monoisotopic (exact) mass is 607 g/mol. The number of sulfonamides is 1. The SMILES string of the molecule is CN1CCN(C2CCC(n3cc(-c4ccc(N5ONc6c5cccc6S(N)(=O)=O)c(F)c4)c4c(N)ncnc43)CC2)CC1. The molecule has 5 N–H and O–H groups in total. The third-order valence-electron chi connectivity index (χ3n) is 9.00. The van der Waals surface area contributed by atoms with Crippen LogP contribution in [0.4, 0.5) is 27.3 Å². The first-order chi connectivity index (χ1) is 20.7. The molecule has 2 fully saturated rings. The number of fused-ring (bicyclic) bond motifs is 2. The van der Waals surface area contributed by atoms with Crippen molar-refractivity contribution in [3.8, 4) is 11.1 Å². The Hall–Kier alpha value is -3.82. The van der Waals surface area contributed by atoms with Crippen LogP contribution in [-0.2, 0) is 15.0 Å². The second kappa shape index (κ2) is 10.7. The van der Waals surface area contributed by atoms with Crippen molar-refractivity contribution in [3.05, 3.63) is 54.7 Å². The van der Waals surface area contributed by atoms with E-state index in [2.05, 4.69) is 36.9 Å². The molecule has 0 bridgehead atoms. The van der Waals surface area contributed by atoms with Gasteiger partial charge in [-0.1, -0.05) is 12.1 Å². The molecular formula is C29H34FN9O3S. The zero-order valence-corrected chi connectivity index (χ0v) is 24.6. The highest BCUT2D eigenvalue weighted by atomic mass is 32.2. The molecule has 1 saturated heterocycles. The van der Waals surface area contributed by atoms with Gasteiger partial charge in [-0.25, -0.2) is 33.4 Å². The summed E-state index contributed by atoms with van der Waals surface area (Å²) >= 11 is 0. The van der Waals surface area contributed by atoms with E-state index < -0.39 is 15.8 Å². The standard InChI is InChI=1S/C29H34FN9O3S/c1-36-11-13-37(14-12-36)19-6-8-20(9-7-19)38-16-21(26-28(31)33-17-34-29(26)38)18-5-10-23(22(30)15-18)39-24-3-2-4-25(43(32,40)41)27(24)35-42-39/h2-5,10,15-17,19-20,35H,6-9,11-14H2,1H3,(H2,31,33,34)(H2,32,40,41). The van der Waals surface area contributed by atoms with Crippen LogP contribution < -0.4 is 21.4 Å². The molecule has 0 radical (unpaired) electrons. The van der Waals surface area contributed by atoms with E-state index in [0.29, 0.717) is 28.5 Å². The summed E-state index contributed by atoms with van der Waals surface area (Å²) in [6, 6.07) is 10.1. The number of piperazine rings is 1. The van der Waals surface area contributed by atoms with E-state index in [1.807, 2.05) is 6.20 Å². The van der Waals surface area contributed by atoms with Gasteiger partial charge in [0.15, 0.2) is 0 Å². The predicted molar refractivity (Wildman–Crippen MR) is 162 cm³/mol. The zero-order valence-electron chi connectivity index (χ0n) is 23.8. The third-order valence-corrected chi connectivity index (χ3v) is 9.95. The summed E-state index contributed by atoms with van der Waals surface area (Å²) < 4.78 is 42.0. The van der Waals surface area contributed by atoms with E-state index in [-0.39, 0.29) is 22.3 Å². The van der Waals surface area contributed by atoms with Gasteiger partial charge in [0.1, 0.15) is 39.9 Å². The zero-order chi connectivity index (χ0) is 29.9. The molecule has 0 amide bonds. The largest absolute Gasteiger partial charge is 0.383 e. The molecule has 2 aliphatic heterocycles. The fourth-order valence-corrected chi connectivity index (χ4v) is 7.38. The summed E-state index contributed by atoms with van der Waals surface area (Å²) in [5.41, 5.74) is 11.6. The molecule has 0 atom stereocenters. The van der Waals surface area contributed by atoms with Crippen LogP contribution in [0.2, 0.25) is 0 Å². The fourth-order valence-electron chi connectivity index (χ4n) is 6.68. The molecule has 2 aromatic carbocycles. The highest BCUT2D eigenvalue weighted by Crippen LogP contribution is 2.44. The van der Waals surface area contributed by atoms with Crippen molar-refractivity contribution in [1.29, 1.82) is 0 Å². The number of anilines is 4. The highest BCUT2D eigenvalue weighted by Gasteiger charge is 2.32. The maximum absolute atomic E-state index is 15.8. The van der Waals surface area contributed by atoms with E-state index in [1.165, 1.54) is 29.6 Å². The smallest absolute Gasteiger partial charge is 0.240 e. The quantitative estimate of drug-likeness (QED) is 0.307. The molecule has 12 nitrogen and oxygen atoms in total. The number of nitrogens with two attached hydrogens (primary N) is 2.